The normalized spacial score (nSPS) is 16.4. The Morgan fingerprint density at radius 3 is 2.62 bits per heavy atom. The number of halogens is 1. The minimum atomic E-state index is -0.682. The number of benzene rings is 1. The maximum Gasteiger partial charge on any atom is 0.242 e. The fourth-order valence-corrected chi connectivity index (χ4v) is 4.86. The fraction of sp³-hybridized carbons (Fsp3) is 0.478. The number of hydrogen-bond donors (Lipinski definition) is 0. The number of amides is 2. The number of nitrogens with zero attached hydrogens (tertiary/aromatic N) is 2. The van der Waals surface area contributed by atoms with E-state index in [-0.39, 0.29) is 30.3 Å². The Balaban J connectivity index is 1.87. The van der Waals surface area contributed by atoms with Crippen LogP contribution in [0.3, 0.4) is 0 Å². The van der Waals surface area contributed by atoms with Crippen molar-refractivity contribution >= 4 is 34.8 Å². The van der Waals surface area contributed by atoms with Gasteiger partial charge in [-0.15, -0.1) is 22.9 Å². The van der Waals surface area contributed by atoms with Crippen molar-refractivity contribution in [2.45, 2.75) is 39.7 Å². The molecule has 0 aliphatic carbocycles. The van der Waals surface area contributed by atoms with E-state index in [2.05, 4.69) is 23.6 Å². The Bertz CT molecular complexity index is 850. The van der Waals surface area contributed by atoms with Gasteiger partial charge >= 0.3 is 0 Å². The van der Waals surface area contributed by atoms with E-state index < -0.39 is 5.41 Å². The smallest absolute Gasteiger partial charge is 0.242 e. The highest BCUT2D eigenvalue weighted by atomic mass is 35.5. The molecule has 0 saturated carbocycles. The molecular formula is C23H29ClN2O2S. The molecule has 1 unspecified atom stereocenters. The highest BCUT2D eigenvalue weighted by Gasteiger charge is 2.36. The Hall–Kier alpha value is -1.85. The Kier molecular flexibility index (Phi) is 7.01. The van der Waals surface area contributed by atoms with Gasteiger partial charge in [0, 0.05) is 23.8 Å². The summed E-state index contributed by atoms with van der Waals surface area (Å²) in [5.74, 6) is 0.157. The quantitative estimate of drug-likeness (QED) is 0.593. The van der Waals surface area contributed by atoms with Crippen molar-refractivity contribution in [3.05, 3.63) is 57.8 Å². The maximum absolute atomic E-state index is 13.4. The summed E-state index contributed by atoms with van der Waals surface area (Å²) in [5.41, 5.74) is 1.63. The molecule has 1 aliphatic rings. The standard InChI is InChI=1S/C23H29ClN2O2S/c1-4-12-25(22(28)23(2,3)16-24)15-20(27)26-13-10-19-18(11-14-29-19)21(26)17-8-6-5-7-9-17/h5-9,11,14,21H,4,10,12-13,15-16H2,1-3H3. The molecule has 4 nitrogen and oxygen atoms in total. The third-order valence-corrected chi connectivity index (χ3v) is 7.09. The number of carbonyl (C=O) groups is 2. The Labute approximate surface area is 182 Å². The van der Waals surface area contributed by atoms with Crippen LogP contribution in [0.4, 0.5) is 0 Å². The van der Waals surface area contributed by atoms with Crippen molar-refractivity contribution in [3.8, 4) is 0 Å². The van der Waals surface area contributed by atoms with Gasteiger partial charge in [0.25, 0.3) is 0 Å². The second-order valence-corrected chi connectivity index (χ2v) is 9.46. The minimum Gasteiger partial charge on any atom is -0.333 e. The first-order valence-corrected chi connectivity index (χ1v) is 11.6. The van der Waals surface area contributed by atoms with Crippen LogP contribution in [-0.4, -0.2) is 47.1 Å². The van der Waals surface area contributed by atoms with E-state index in [1.165, 1.54) is 10.4 Å². The average Bonchev–Trinajstić information content (AvgIpc) is 3.21. The second kappa shape index (κ2) is 9.31. The lowest BCUT2D eigenvalue weighted by molar-refractivity contribution is -0.146. The van der Waals surface area contributed by atoms with Crippen molar-refractivity contribution in [2.24, 2.45) is 5.41 Å². The summed E-state index contributed by atoms with van der Waals surface area (Å²) in [7, 11) is 0. The molecule has 2 aromatic rings. The van der Waals surface area contributed by atoms with Crippen LogP contribution in [0.1, 0.15) is 49.2 Å². The van der Waals surface area contributed by atoms with Gasteiger partial charge in [-0.05, 0) is 49.3 Å². The molecule has 1 aromatic carbocycles. The van der Waals surface area contributed by atoms with Gasteiger partial charge in [-0.1, -0.05) is 37.3 Å². The zero-order chi connectivity index (χ0) is 21.0. The SMILES string of the molecule is CCCN(CC(=O)N1CCc2sccc2C1c1ccccc1)C(=O)C(C)(C)CCl. The summed E-state index contributed by atoms with van der Waals surface area (Å²) in [4.78, 5) is 31.4. The van der Waals surface area contributed by atoms with Crippen LogP contribution in [0.15, 0.2) is 41.8 Å². The second-order valence-electron chi connectivity index (χ2n) is 8.19. The molecule has 0 N–H and O–H groups in total. The number of carbonyl (C=O) groups excluding carboxylic acids is 2. The van der Waals surface area contributed by atoms with E-state index in [1.54, 1.807) is 16.2 Å². The molecule has 0 saturated heterocycles. The van der Waals surface area contributed by atoms with Gasteiger partial charge in [-0.25, -0.2) is 0 Å². The van der Waals surface area contributed by atoms with Gasteiger partial charge in [0.05, 0.1) is 18.0 Å². The van der Waals surface area contributed by atoms with Crippen LogP contribution in [-0.2, 0) is 16.0 Å². The summed E-state index contributed by atoms with van der Waals surface area (Å²) in [5, 5.41) is 2.10. The molecule has 0 bridgehead atoms. The van der Waals surface area contributed by atoms with Gasteiger partial charge < -0.3 is 9.80 Å². The third-order valence-electron chi connectivity index (χ3n) is 5.42. The number of fused-ring (bicyclic) bond motifs is 1. The molecule has 6 heteroatoms. The topological polar surface area (TPSA) is 40.6 Å². The van der Waals surface area contributed by atoms with Crippen molar-refractivity contribution in [1.82, 2.24) is 9.80 Å². The monoisotopic (exact) mass is 432 g/mol. The average molecular weight is 433 g/mol. The molecule has 2 heterocycles. The lowest BCUT2D eigenvalue weighted by Gasteiger charge is -2.38. The lowest BCUT2D eigenvalue weighted by atomic mass is 9.92. The van der Waals surface area contributed by atoms with Crippen LogP contribution in [0.5, 0.6) is 0 Å². The number of alkyl halides is 1. The molecule has 0 radical (unpaired) electrons. The molecule has 0 fully saturated rings. The zero-order valence-corrected chi connectivity index (χ0v) is 18.9. The zero-order valence-electron chi connectivity index (χ0n) is 17.4. The van der Waals surface area contributed by atoms with Crippen molar-refractivity contribution in [3.63, 3.8) is 0 Å². The van der Waals surface area contributed by atoms with E-state index in [0.29, 0.717) is 13.1 Å². The van der Waals surface area contributed by atoms with Crippen LogP contribution in [0.25, 0.3) is 0 Å². The number of thiophene rings is 1. The van der Waals surface area contributed by atoms with Crippen LogP contribution in [0.2, 0.25) is 0 Å². The van der Waals surface area contributed by atoms with E-state index in [9.17, 15) is 9.59 Å². The van der Waals surface area contributed by atoms with Crippen molar-refractivity contribution in [2.75, 3.05) is 25.5 Å². The fourth-order valence-electron chi connectivity index (χ4n) is 3.84. The Morgan fingerprint density at radius 2 is 1.97 bits per heavy atom. The van der Waals surface area contributed by atoms with E-state index in [4.69, 9.17) is 11.6 Å². The van der Waals surface area contributed by atoms with Crippen LogP contribution in [0, 0.1) is 5.41 Å². The van der Waals surface area contributed by atoms with Crippen molar-refractivity contribution in [1.29, 1.82) is 0 Å². The first kappa shape index (κ1) is 21.8. The summed E-state index contributed by atoms with van der Waals surface area (Å²) in [6, 6.07) is 12.2. The van der Waals surface area contributed by atoms with E-state index in [1.807, 2.05) is 43.9 Å². The molecule has 1 atom stereocenters. The molecule has 3 rings (SSSR count). The third kappa shape index (κ3) is 4.67. The summed E-state index contributed by atoms with van der Waals surface area (Å²) in [6.45, 7) is 7.00. The van der Waals surface area contributed by atoms with Gasteiger partial charge in [-0.2, -0.15) is 0 Å². The predicted octanol–water partition coefficient (Wildman–Crippen LogP) is 4.73. The van der Waals surface area contributed by atoms with Crippen LogP contribution >= 0.6 is 22.9 Å². The molecule has 0 spiro atoms. The minimum absolute atomic E-state index is 0.0112. The van der Waals surface area contributed by atoms with Gasteiger partial charge in [0.1, 0.15) is 0 Å². The highest BCUT2D eigenvalue weighted by molar-refractivity contribution is 7.10. The molecule has 1 aliphatic heterocycles. The number of rotatable bonds is 7. The summed E-state index contributed by atoms with van der Waals surface area (Å²) >= 11 is 7.78. The first-order valence-electron chi connectivity index (χ1n) is 10.1. The summed E-state index contributed by atoms with van der Waals surface area (Å²) in [6.07, 6.45) is 1.66. The van der Waals surface area contributed by atoms with E-state index >= 15 is 0 Å². The van der Waals surface area contributed by atoms with Gasteiger partial charge in [-0.3, -0.25) is 9.59 Å². The van der Waals surface area contributed by atoms with Crippen molar-refractivity contribution < 1.29 is 9.59 Å². The molecule has 2 amide bonds. The Morgan fingerprint density at radius 1 is 1.24 bits per heavy atom. The predicted molar refractivity (Wildman–Crippen MR) is 119 cm³/mol. The maximum atomic E-state index is 13.4. The largest absolute Gasteiger partial charge is 0.333 e. The number of hydrogen-bond acceptors (Lipinski definition) is 3. The summed E-state index contributed by atoms with van der Waals surface area (Å²) < 4.78 is 0. The molecule has 1 aromatic heterocycles. The van der Waals surface area contributed by atoms with E-state index in [0.717, 1.165) is 18.4 Å². The van der Waals surface area contributed by atoms with Gasteiger partial charge in [0.15, 0.2) is 0 Å². The van der Waals surface area contributed by atoms with Crippen LogP contribution < -0.4 is 0 Å². The molecule has 29 heavy (non-hydrogen) atoms. The lowest BCUT2D eigenvalue weighted by Crippen LogP contribution is -2.50. The molecular weight excluding hydrogens is 404 g/mol. The molecule has 156 valence electrons. The highest BCUT2D eigenvalue weighted by Crippen LogP contribution is 2.37. The van der Waals surface area contributed by atoms with Gasteiger partial charge in [0.2, 0.25) is 11.8 Å². The first-order chi connectivity index (χ1) is 13.9.